The molecule has 0 aliphatic carbocycles. The summed E-state index contributed by atoms with van der Waals surface area (Å²) in [7, 11) is 2.05. The van der Waals surface area contributed by atoms with Crippen molar-refractivity contribution in [2.45, 2.75) is 4.90 Å². The molecule has 0 atom stereocenters. The molecule has 0 N–H and O–H groups in total. The Bertz CT molecular complexity index is 767. The summed E-state index contributed by atoms with van der Waals surface area (Å²) in [6.07, 6.45) is 0. The Balaban J connectivity index is 2.38. The van der Waals surface area contributed by atoms with E-state index in [-0.39, 0.29) is 0 Å². The van der Waals surface area contributed by atoms with Crippen molar-refractivity contribution in [3.05, 3.63) is 54.6 Å². The first-order valence-electron chi connectivity index (χ1n) is 6.01. The van der Waals surface area contributed by atoms with Crippen molar-refractivity contribution in [2.24, 2.45) is 7.05 Å². The molecule has 0 saturated carbocycles. The minimum absolute atomic E-state index is 1.03. The molecule has 2 aromatic carbocycles. The van der Waals surface area contributed by atoms with Crippen LogP contribution in [0.15, 0.2) is 59.5 Å². The highest BCUT2D eigenvalue weighted by Crippen LogP contribution is 2.39. The van der Waals surface area contributed by atoms with Crippen LogP contribution in [0.1, 0.15) is 0 Å². The molecule has 92 valence electrons. The summed E-state index contributed by atoms with van der Waals surface area (Å²) in [5.41, 5.74) is 3.39. The molecule has 0 saturated heterocycles. The second-order valence-electron chi connectivity index (χ2n) is 4.31. The molecule has 0 radical (unpaired) electrons. The predicted octanol–water partition coefficient (Wildman–Crippen LogP) is 4.42. The molecule has 3 rings (SSSR count). The van der Waals surface area contributed by atoms with Gasteiger partial charge in [-0.1, -0.05) is 48.5 Å². The van der Waals surface area contributed by atoms with Crippen molar-refractivity contribution < 1.29 is 0 Å². The van der Waals surface area contributed by atoms with Gasteiger partial charge in [-0.25, -0.2) is 0 Å². The van der Waals surface area contributed by atoms with Gasteiger partial charge in [-0.05, 0) is 23.4 Å². The highest BCUT2D eigenvalue weighted by molar-refractivity contribution is 8.04. The van der Waals surface area contributed by atoms with Gasteiger partial charge in [0.05, 0.1) is 10.6 Å². The van der Waals surface area contributed by atoms with E-state index in [0.717, 1.165) is 27.1 Å². The van der Waals surface area contributed by atoms with Gasteiger partial charge in [-0.3, -0.25) is 0 Å². The van der Waals surface area contributed by atoms with Crippen LogP contribution in [-0.2, 0) is 7.05 Å². The topological polar surface area (TPSA) is 28.7 Å². The number of para-hydroxylation sites is 1. The third kappa shape index (κ3) is 1.91. The van der Waals surface area contributed by atoms with E-state index in [1.807, 2.05) is 37.4 Å². The highest BCUT2D eigenvalue weighted by Gasteiger charge is 2.16. The molecule has 3 heteroatoms. The monoisotopic (exact) mass is 264 g/mol. The van der Waals surface area contributed by atoms with Gasteiger partial charge < -0.3 is 4.57 Å². The summed E-state index contributed by atoms with van der Waals surface area (Å²) in [4.78, 5) is 1.03. The van der Waals surface area contributed by atoms with Gasteiger partial charge in [0.2, 0.25) is 0 Å². The molecular formula is C16H12N2S. The normalized spacial score (nSPS) is 10.5. The Kier molecular flexibility index (Phi) is 3.02. The quantitative estimate of drug-likeness (QED) is 0.506. The standard InChI is InChI=1S/C16H12N2S/c1-18-14-10-6-5-9-13(14)16(19-11-17)15(18)12-7-3-2-4-8-12/h2-10H,1H3. The third-order valence-electron chi connectivity index (χ3n) is 3.26. The van der Waals surface area contributed by atoms with E-state index in [1.165, 1.54) is 11.8 Å². The van der Waals surface area contributed by atoms with Crippen LogP contribution in [-0.4, -0.2) is 4.57 Å². The van der Waals surface area contributed by atoms with Crippen molar-refractivity contribution in [3.63, 3.8) is 0 Å². The number of nitriles is 1. The van der Waals surface area contributed by atoms with Crippen molar-refractivity contribution in [3.8, 4) is 16.7 Å². The highest BCUT2D eigenvalue weighted by atomic mass is 32.2. The number of fused-ring (bicyclic) bond motifs is 1. The molecule has 0 fully saturated rings. The summed E-state index contributed by atoms with van der Waals surface area (Å²) in [6, 6.07) is 18.4. The zero-order valence-electron chi connectivity index (χ0n) is 10.5. The zero-order valence-corrected chi connectivity index (χ0v) is 11.3. The molecule has 0 amide bonds. The van der Waals surface area contributed by atoms with Crippen molar-refractivity contribution in [1.29, 1.82) is 5.26 Å². The fraction of sp³-hybridized carbons (Fsp3) is 0.0625. The Hall–Kier alpha value is -2.18. The number of aromatic nitrogens is 1. The molecule has 19 heavy (non-hydrogen) atoms. The first kappa shape index (κ1) is 11.9. The lowest BCUT2D eigenvalue weighted by Gasteiger charge is -2.05. The van der Waals surface area contributed by atoms with Crippen molar-refractivity contribution >= 4 is 22.7 Å². The summed E-state index contributed by atoms with van der Waals surface area (Å²) < 4.78 is 2.16. The largest absolute Gasteiger partial charge is 0.343 e. The van der Waals surface area contributed by atoms with Crippen LogP contribution in [0.4, 0.5) is 0 Å². The maximum atomic E-state index is 9.06. The zero-order chi connectivity index (χ0) is 13.2. The average Bonchev–Trinajstić information content (AvgIpc) is 2.74. The average molecular weight is 264 g/mol. The minimum atomic E-state index is 1.03. The fourth-order valence-corrected chi connectivity index (χ4v) is 3.15. The second kappa shape index (κ2) is 4.83. The molecule has 1 heterocycles. The Morgan fingerprint density at radius 3 is 2.42 bits per heavy atom. The van der Waals surface area contributed by atoms with Crippen LogP contribution in [0.2, 0.25) is 0 Å². The van der Waals surface area contributed by atoms with Gasteiger partial charge >= 0.3 is 0 Å². The number of benzene rings is 2. The summed E-state index contributed by atoms with van der Waals surface area (Å²) >= 11 is 1.23. The lowest BCUT2D eigenvalue weighted by Crippen LogP contribution is -1.91. The fourth-order valence-electron chi connectivity index (χ4n) is 2.43. The SMILES string of the molecule is Cn1c(-c2ccccc2)c(SC#N)c2ccccc21. The van der Waals surface area contributed by atoms with E-state index < -0.39 is 0 Å². The Morgan fingerprint density at radius 2 is 1.68 bits per heavy atom. The van der Waals surface area contributed by atoms with Crippen molar-refractivity contribution in [1.82, 2.24) is 4.57 Å². The molecular weight excluding hydrogens is 252 g/mol. The lowest BCUT2D eigenvalue weighted by molar-refractivity contribution is 0.968. The van der Waals surface area contributed by atoms with Gasteiger partial charge in [-0.2, -0.15) is 5.26 Å². The van der Waals surface area contributed by atoms with E-state index in [1.54, 1.807) is 0 Å². The smallest absolute Gasteiger partial charge is 0.138 e. The number of hydrogen-bond acceptors (Lipinski definition) is 2. The maximum Gasteiger partial charge on any atom is 0.138 e. The predicted molar refractivity (Wildman–Crippen MR) is 79.8 cm³/mol. The van der Waals surface area contributed by atoms with Crippen molar-refractivity contribution in [2.75, 3.05) is 0 Å². The first-order valence-corrected chi connectivity index (χ1v) is 6.83. The minimum Gasteiger partial charge on any atom is -0.343 e. The van der Waals surface area contributed by atoms with E-state index in [2.05, 4.69) is 34.2 Å². The number of rotatable bonds is 2. The van der Waals surface area contributed by atoms with Gasteiger partial charge in [0.1, 0.15) is 5.40 Å². The van der Waals surface area contributed by atoms with Crippen LogP contribution in [0.25, 0.3) is 22.2 Å². The Labute approximate surface area is 116 Å². The molecule has 0 unspecified atom stereocenters. The number of hydrogen-bond donors (Lipinski definition) is 0. The number of thioether (sulfide) groups is 1. The van der Waals surface area contributed by atoms with E-state index >= 15 is 0 Å². The number of thiocyanates is 1. The van der Waals surface area contributed by atoms with E-state index in [0.29, 0.717) is 0 Å². The number of nitrogens with zero attached hydrogens (tertiary/aromatic N) is 2. The van der Waals surface area contributed by atoms with Gasteiger partial charge in [-0.15, -0.1) is 0 Å². The maximum absolute atomic E-state index is 9.06. The van der Waals surface area contributed by atoms with Crippen LogP contribution in [0, 0.1) is 10.7 Å². The molecule has 2 nitrogen and oxygen atoms in total. The molecule has 0 spiro atoms. The third-order valence-corrected chi connectivity index (χ3v) is 3.96. The Morgan fingerprint density at radius 1 is 1.00 bits per heavy atom. The van der Waals surface area contributed by atoms with Gasteiger partial charge in [0.15, 0.2) is 0 Å². The molecule has 0 aliphatic heterocycles. The summed E-state index contributed by atoms with van der Waals surface area (Å²) in [6.45, 7) is 0. The van der Waals surface area contributed by atoms with Gasteiger partial charge in [0.25, 0.3) is 0 Å². The first-order chi connectivity index (χ1) is 9.33. The van der Waals surface area contributed by atoms with E-state index in [4.69, 9.17) is 5.26 Å². The number of aryl methyl sites for hydroxylation is 1. The van der Waals surface area contributed by atoms with Gasteiger partial charge in [0, 0.05) is 18.0 Å². The second-order valence-corrected chi connectivity index (χ2v) is 5.11. The molecule has 0 bridgehead atoms. The van der Waals surface area contributed by atoms with Crippen LogP contribution >= 0.6 is 11.8 Å². The van der Waals surface area contributed by atoms with Crippen LogP contribution in [0.5, 0.6) is 0 Å². The van der Waals surface area contributed by atoms with Crippen LogP contribution < -0.4 is 0 Å². The summed E-state index contributed by atoms with van der Waals surface area (Å²) in [5.74, 6) is 0. The molecule has 0 aliphatic rings. The van der Waals surface area contributed by atoms with Crippen LogP contribution in [0.3, 0.4) is 0 Å². The summed E-state index contributed by atoms with van der Waals surface area (Å²) in [5, 5.41) is 12.4. The molecule has 1 aromatic heterocycles. The lowest BCUT2D eigenvalue weighted by atomic mass is 10.1. The molecule has 3 aromatic rings. The van der Waals surface area contributed by atoms with E-state index in [9.17, 15) is 0 Å².